The Labute approximate surface area is 155 Å². The van der Waals surface area contributed by atoms with Gasteiger partial charge in [-0.1, -0.05) is 0 Å². The third-order valence-electron chi connectivity index (χ3n) is 4.10. The van der Waals surface area contributed by atoms with E-state index in [2.05, 4.69) is 4.98 Å². The number of hydrogen-bond acceptors (Lipinski definition) is 7. The predicted octanol–water partition coefficient (Wildman–Crippen LogP) is 2.64. The average molecular weight is 388 g/mol. The third-order valence-corrected chi connectivity index (χ3v) is 5.10. The van der Waals surface area contributed by atoms with Gasteiger partial charge >= 0.3 is 0 Å². The normalized spacial score (nSPS) is 16.3. The molecule has 0 aliphatic carbocycles. The van der Waals surface area contributed by atoms with E-state index < -0.39 is 20.4 Å². The van der Waals surface area contributed by atoms with Gasteiger partial charge in [0, 0.05) is 30.1 Å². The Morgan fingerprint density at radius 2 is 1.67 bits per heavy atom. The van der Waals surface area contributed by atoms with E-state index in [1.807, 2.05) is 0 Å². The number of ether oxygens (including phenoxy) is 1. The molecule has 1 aromatic carbocycles. The van der Waals surface area contributed by atoms with Crippen molar-refractivity contribution < 1.29 is 22.9 Å². The first-order valence-electron chi connectivity index (χ1n) is 7.90. The van der Waals surface area contributed by atoms with Crippen LogP contribution in [-0.2, 0) is 19.4 Å². The predicted molar refractivity (Wildman–Crippen MR) is 97.4 cm³/mol. The zero-order valence-electron chi connectivity index (χ0n) is 14.8. The number of rotatable bonds is 4. The Hall–Kier alpha value is -3.07. The Morgan fingerprint density at radius 1 is 1.07 bits per heavy atom. The Kier molecular flexibility index (Phi) is 4.35. The lowest BCUT2D eigenvalue weighted by molar-refractivity contribution is -0.384. The summed E-state index contributed by atoms with van der Waals surface area (Å²) < 4.78 is 29.0. The molecule has 0 spiro atoms. The van der Waals surface area contributed by atoms with E-state index in [9.17, 15) is 23.3 Å². The maximum atomic E-state index is 12.8. The molecule has 0 amide bonds. The molecule has 2 aromatic rings. The van der Waals surface area contributed by atoms with Gasteiger partial charge in [0.2, 0.25) is 5.78 Å². The number of nitrogens with zero attached hydrogens (tertiary/aromatic N) is 2. The number of non-ortho nitro benzene ring substituents is 1. The number of ketones is 1. The largest absolute Gasteiger partial charge is 0.478 e. The molecule has 8 nitrogen and oxygen atoms in total. The first-order chi connectivity index (χ1) is 12.5. The van der Waals surface area contributed by atoms with E-state index in [1.165, 1.54) is 42.6 Å². The van der Waals surface area contributed by atoms with Crippen molar-refractivity contribution in [3.05, 3.63) is 63.8 Å². The van der Waals surface area contributed by atoms with E-state index in [1.54, 1.807) is 13.8 Å². The lowest BCUT2D eigenvalue weighted by Gasteiger charge is -2.17. The SMILES string of the molecule is CC1(C)OC(c2ccc(S(C)(=O)=O)nc2)=C(c2ccc([N+](=O)[O-])cc2)C1=O. The minimum Gasteiger partial charge on any atom is -0.478 e. The van der Waals surface area contributed by atoms with E-state index in [0.29, 0.717) is 11.1 Å². The first-order valence-corrected chi connectivity index (χ1v) is 9.79. The molecule has 0 bridgehead atoms. The molecular weight excluding hydrogens is 372 g/mol. The average Bonchev–Trinajstić information content (AvgIpc) is 2.84. The van der Waals surface area contributed by atoms with E-state index in [4.69, 9.17) is 4.74 Å². The summed E-state index contributed by atoms with van der Waals surface area (Å²) in [5, 5.41) is 10.8. The number of aromatic nitrogens is 1. The molecule has 1 aromatic heterocycles. The van der Waals surface area contributed by atoms with Crippen molar-refractivity contribution >= 4 is 32.6 Å². The summed E-state index contributed by atoms with van der Waals surface area (Å²) >= 11 is 0. The molecule has 0 N–H and O–H groups in total. The van der Waals surface area contributed by atoms with Crippen LogP contribution in [0, 0.1) is 10.1 Å². The molecular formula is C18H16N2O6S. The molecule has 0 saturated carbocycles. The number of Topliss-reactive ketones (excluding diaryl/α,β-unsaturated/α-hetero) is 1. The van der Waals surface area contributed by atoms with Crippen molar-refractivity contribution in [2.45, 2.75) is 24.5 Å². The first kappa shape index (κ1) is 18.7. The fourth-order valence-electron chi connectivity index (χ4n) is 2.71. The molecule has 2 heterocycles. The molecule has 0 unspecified atom stereocenters. The monoisotopic (exact) mass is 388 g/mol. The quantitative estimate of drug-likeness (QED) is 0.584. The van der Waals surface area contributed by atoms with E-state index >= 15 is 0 Å². The molecule has 1 aliphatic rings. The summed E-state index contributed by atoms with van der Waals surface area (Å²) in [5.74, 6) is -0.0232. The van der Waals surface area contributed by atoms with Gasteiger partial charge in [0.25, 0.3) is 5.69 Å². The van der Waals surface area contributed by atoms with Crippen LogP contribution in [0.3, 0.4) is 0 Å². The van der Waals surface area contributed by atoms with Crippen molar-refractivity contribution in [2.75, 3.05) is 6.26 Å². The van der Waals surface area contributed by atoms with Crippen LogP contribution in [0.5, 0.6) is 0 Å². The highest BCUT2D eigenvalue weighted by atomic mass is 32.2. The van der Waals surface area contributed by atoms with Gasteiger partial charge in [0.05, 0.1) is 10.5 Å². The Bertz CT molecular complexity index is 1070. The fraction of sp³-hybridized carbons (Fsp3) is 0.222. The van der Waals surface area contributed by atoms with Crippen molar-refractivity contribution in [1.82, 2.24) is 4.98 Å². The van der Waals surface area contributed by atoms with Crippen LogP contribution in [0.25, 0.3) is 11.3 Å². The van der Waals surface area contributed by atoms with Crippen LogP contribution < -0.4 is 0 Å². The smallest absolute Gasteiger partial charge is 0.269 e. The number of nitro benzene ring substituents is 1. The molecule has 0 fully saturated rings. The van der Waals surface area contributed by atoms with Crippen LogP contribution in [-0.4, -0.2) is 36.0 Å². The Balaban J connectivity index is 2.13. The molecule has 0 saturated heterocycles. The summed E-state index contributed by atoms with van der Waals surface area (Å²) in [4.78, 5) is 27.1. The maximum Gasteiger partial charge on any atom is 0.269 e. The van der Waals surface area contributed by atoms with Gasteiger partial charge in [-0.15, -0.1) is 0 Å². The van der Waals surface area contributed by atoms with Crippen LogP contribution >= 0.6 is 0 Å². The summed E-state index contributed by atoms with van der Waals surface area (Å²) in [6.45, 7) is 3.23. The highest BCUT2D eigenvalue weighted by molar-refractivity contribution is 7.90. The van der Waals surface area contributed by atoms with Crippen LogP contribution in [0.15, 0.2) is 47.6 Å². The Morgan fingerprint density at radius 3 is 2.15 bits per heavy atom. The molecule has 27 heavy (non-hydrogen) atoms. The highest BCUT2D eigenvalue weighted by Gasteiger charge is 2.43. The summed E-state index contributed by atoms with van der Waals surface area (Å²) in [6, 6.07) is 8.43. The van der Waals surface area contributed by atoms with Gasteiger partial charge in [0.15, 0.2) is 20.5 Å². The van der Waals surface area contributed by atoms with Gasteiger partial charge in [-0.05, 0) is 43.7 Å². The zero-order chi connectivity index (χ0) is 20.0. The van der Waals surface area contributed by atoms with E-state index in [0.717, 1.165) is 6.26 Å². The van der Waals surface area contributed by atoms with Gasteiger partial charge in [-0.25, -0.2) is 13.4 Å². The minimum atomic E-state index is -3.45. The second-order valence-electron chi connectivity index (χ2n) is 6.61. The van der Waals surface area contributed by atoms with Crippen molar-refractivity contribution in [1.29, 1.82) is 0 Å². The van der Waals surface area contributed by atoms with Gasteiger partial charge < -0.3 is 4.74 Å². The standard InChI is InChI=1S/C18H16N2O6S/c1-18(2)17(21)15(11-4-7-13(8-5-11)20(22)23)16(26-18)12-6-9-14(19-10-12)27(3,24)25/h4-10H,1-3H3. The number of pyridine rings is 1. The van der Waals surface area contributed by atoms with Crippen LogP contribution in [0.4, 0.5) is 5.69 Å². The van der Waals surface area contributed by atoms with Crippen molar-refractivity contribution in [3.63, 3.8) is 0 Å². The lowest BCUT2D eigenvalue weighted by Crippen LogP contribution is -2.29. The lowest BCUT2D eigenvalue weighted by atomic mass is 9.93. The topological polar surface area (TPSA) is 116 Å². The summed E-state index contributed by atoms with van der Waals surface area (Å²) in [5.41, 5.74) is -0.0374. The summed E-state index contributed by atoms with van der Waals surface area (Å²) in [7, 11) is -3.45. The second-order valence-corrected chi connectivity index (χ2v) is 8.57. The molecule has 0 radical (unpaired) electrons. The number of sulfone groups is 1. The number of hydrogen-bond donors (Lipinski definition) is 0. The van der Waals surface area contributed by atoms with Gasteiger partial charge in [-0.2, -0.15) is 0 Å². The molecule has 1 aliphatic heterocycles. The highest BCUT2D eigenvalue weighted by Crippen LogP contribution is 2.41. The maximum absolute atomic E-state index is 12.8. The minimum absolute atomic E-state index is 0.0904. The number of benzene rings is 1. The molecule has 0 atom stereocenters. The molecule has 9 heteroatoms. The molecule has 3 rings (SSSR count). The van der Waals surface area contributed by atoms with Crippen molar-refractivity contribution in [3.8, 4) is 0 Å². The number of carbonyl (C=O) groups is 1. The second kappa shape index (κ2) is 6.27. The third kappa shape index (κ3) is 3.45. The fourth-order valence-corrected chi connectivity index (χ4v) is 3.27. The molecule has 140 valence electrons. The van der Waals surface area contributed by atoms with Crippen molar-refractivity contribution in [2.24, 2.45) is 0 Å². The zero-order valence-corrected chi connectivity index (χ0v) is 15.6. The van der Waals surface area contributed by atoms with Gasteiger partial charge in [-0.3, -0.25) is 14.9 Å². The number of carbonyl (C=O) groups excluding carboxylic acids is 1. The van der Waals surface area contributed by atoms with Crippen LogP contribution in [0.2, 0.25) is 0 Å². The van der Waals surface area contributed by atoms with Crippen LogP contribution in [0.1, 0.15) is 25.0 Å². The summed E-state index contributed by atoms with van der Waals surface area (Å²) in [6.07, 6.45) is 2.38. The van der Waals surface area contributed by atoms with Gasteiger partial charge in [0.1, 0.15) is 5.76 Å². The van der Waals surface area contributed by atoms with E-state index in [-0.39, 0.29) is 27.8 Å². The number of nitro groups is 1.